The summed E-state index contributed by atoms with van der Waals surface area (Å²) < 4.78 is 4.66. The molecule has 4 heteroatoms. The molecule has 4 nitrogen and oxygen atoms in total. The van der Waals surface area contributed by atoms with Crippen LogP contribution in [0.4, 0.5) is 0 Å². The predicted octanol–water partition coefficient (Wildman–Crippen LogP) is 3.99. The number of methoxy groups -OCH3 is 1. The molecule has 24 heavy (non-hydrogen) atoms. The van der Waals surface area contributed by atoms with Crippen molar-refractivity contribution in [3.05, 3.63) is 71.3 Å². The molecule has 0 saturated carbocycles. The van der Waals surface area contributed by atoms with Crippen LogP contribution in [0.2, 0.25) is 0 Å². The topological polar surface area (TPSA) is 55.4 Å². The molecule has 2 rings (SSSR count). The van der Waals surface area contributed by atoms with Crippen LogP contribution in [-0.2, 0) is 4.74 Å². The summed E-state index contributed by atoms with van der Waals surface area (Å²) in [5.74, 6) is -0.589. The number of esters is 1. The van der Waals surface area contributed by atoms with Gasteiger partial charge in [0.2, 0.25) is 0 Å². The Morgan fingerprint density at radius 1 is 0.917 bits per heavy atom. The van der Waals surface area contributed by atoms with Gasteiger partial charge >= 0.3 is 5.97 Å². The summed E-state index contributed by atoms with van der Waals surface area (Å²) in [6.45, 7) is 6.27. The van der Waals surface area contributed by atoms with E-state index in [9.17, 15) is 9.59 Å². The molecule has 0 heterocycles. The van der Waals surface area contributed by atoms with Crippen molar-refractivity contribution in [2.75, 3.05) is 7.11 Å². The first-order valence-corrected chi connectivity index (χ1v) is 7.87. The fourth-order valence-electron chi connectivity index (χ4n) is 2.54. The first kappa shape index (κ1) is 17.7. The van der Waals surface area contributed by atoms with E-state index in [4.69, 9.17) is 0 Å². The van der Waals surface area contributed by atoms with E-state index in [1.54, 1.807) is 24.3 Å². The average Bonchev–Trinajstić information content (AvgIpc) is 2.58. The van der Waals surface area contributed by atoms with Gasteiger partial charge in [-0.25, -0.2) is 4.79 Å². The molecule has 0 radical (unpaired) electrons. The molecule has 0 aliphatic carbocycles. The number of hydrogen-bond donors (Lipinski definition) is 1. The second-order valence-corrected chi connectivity index (χ2v) is 6.75. The van der Waals surface area contributed by atoms with Crippen LogP contribution in [-0.4, -0.2) is 19.0 Å². The zero-order valence-electron chi connectivity index (χ0n) is 14.5. The molecule has 0 fully saturated rings. The van der Waals surface area contributed by atoms with Crippen molar-refractivity contribution in [2.45, 2.75) is 26.8 Å². The van der Waals surface area contributed by atoms with E-state index in [-0.39, 0.29) is 17.4 Å². The van der Waals surface area contributed by atoms with Gasteiger partial charge in [-0.1, -0.05) is 51.1 Å². The van der Waals surface area contributed by atoms with Crippen molar-refractivity contribution in [3.63, 3.8) is 0 Å². The minimum atomic E-state index is -0.418. The van der Waals surface area contributed by atoms with Gasteiger partial charge in [0, 0.05) is 5.56 Å². The van der Waals surface area contributed by atoms with Gasteiger partial charge in [0.15, 0.2) is 0 Å². The van der Waals surface area contributed by atoms with Crippen LogP contribution in [0.3, 0.4) is 0 Å². The Bertz CT molecular complexity index is 700. The highest BCUT2D eigenvalue weighted by Gasteiger charge is 2.28. The summed E-state index contributed by atoms with van der Waals surface area (Å²) in [5.41, 5.74) is 1.85. The van der Waals surface area contributed by atoms with Gasteiger partial charge in [0.25, 0.3) is 5.91 Å². The third-order valence-corrected chi connectivity index (χ3v) is 3.84. The first-order valence-electron chi connectivity index (χ1n) is 7.87. The molecule has 0 saturated heterocycles. The van der Waals surface area contributed by atoms with Crippen molar-refractivity contribution in [1.82, 2.24) is 5.32 Å². The van der Waals surface area contributed by atoms with E-state index in [1.807, 2.05) is 30.3 Å². The third-order valence-electron chi connectivity index (χ3n) is 3.84. The fourth-order valence-corrected chi connectivity index (χ4v) is 2.54. The van der Waals surface area contributed by atoms with Crippen molar-refractivity contribution in [3.8, 4) is 0 Å². The predicted molar refractivity (Wildman–Crippen MR) is 93.9 cm³/mol. The van der Waals surface area contributed by atoms with Crippen LogP contribution < -0.4 is 5.32 Å². The first-order chi connectivity index (χ1) is 11.3. The smallest absolute Gasteiger partial charge is 0.337 e. The monoisotopic (exact) mass is 325 g/mol. The Hall–Kier alpha value is -2.62. The molecule has 0 aliphatic rings. The van der Waals surface area contributed by atoms with Crippen LogP contribution in [0.5, 0.6) is 0 Å². The van der Waals surface area contributed by atoms with Gasteiger partial charge in [-0.2, -0.15) is 0 Å². The molecule has 1 atom stereocenters. The summed E-state index contributed by atoms with van der Waals surface area (Å²) in [7, 11) is 1.33. The molecule has 2 aromatic rings. The lowest BCUT2D eigenvalue weighted by Gasteiger charge is -2.32. The normalized spacial score (nSPS) is 12.3. The molecule has 0 aromatic heterocycles. The van der Waals surface area contributed by atoms with E-state index in [2.05, 4.69) is 30.8 Å². The lowest BCUT2D eigenvalue weighted by atomic mass is 9.82. The summed E-state index contributed by atoms with van der Waals surface area (Å²) in [6, 6.07) is 16.2. The Morgan fingerprint density at radius 3 is 1.96 bits per heavy atom. The largest absolute Gasteiger partial charge is 0.465 e. The van der Waals surface area contributed by atoms with Crippen LogP contribution >= 0.6 is 0 Å². The van der Waals surface area contributed by atoms with Gasteiger partial charge in [0.05, 0.1) is 18.7 Å². The maximum atomic E-state index is 12.6. The molecule has 0 aliphatic heterocycles. The number of carbonyl (C=O) groups is 2. The lowest BCUT2D eigenvalue weighted by molar-refractivity contribution is 0.0600. The second kappa shape index (κ2) is 7.30. The number of hydrogen-bond acceptors (Lipinski definition) is 3. The standard InChI is InChI=1S/C20H23NO3/c1-20(2,3)17(14-8-6-5-7-9-14)21-18(22)15-10-12-16(13-11-15)19(23)24-4/h5-13,17H,1-4H3,(H,21,22). The van der Waals surface area contributed by atoms with Crippen LogP contribution in [0.15, 0.2) is 54.6 Å². The molecular weight excluding hydrogens is 302 g/mol. The minimum absolute atomic E-state index is 0.119. The quantitative estimate of drug-likeness (QED) is 0.865. The van der Waals surface area contributed by atoms with Crippen LogP contribution in [0.1, 0.15) is 53.1 Å². The van der Waals surface area contributed by atoms with Gasteiger partial charge in [-0.05, 0) is 35.2 Å². The molecule has 2 aromatic carbocycles. The number of rotatable bonds is 4. The SMILES string of the molecule is COC(=O)c1ccc(C(=O)NC(c2ccccc2)C(C)(C)C)cc1. The van der Waals surface area contributed by atoms with E-state index < -0.39 is 5.97 Å². The molecule has 0 bridgehead atoms. The number of benzene rings is 2. The molecule has 126 valence electrons. The number of ether oxygens (including phenoxy) is 1. The Kier molecular flexibility index (Phi) is 5.39. The Morgan fingerprint density at radius 2 is 1.46 bits per heavy atom. The summed E-state index contributed by atoms with van der Waals surface area (Å²) in [5, 5.41) is 3.10. The highest BCUT2D eigenvalue weighted by atomic mass is 16.5. The molecule has 1 N–H and O–H groups in total. The van der Waals surface area contributed by atoms with E-state index in [1.165, 1.54) is 7.11 Å². The van der Waals surface area contributed by atoms with Gasteiger partial charge in [-0.15, -0.1) is 0 Å². The van der Waals surface area contributed by atoms with Crippen molar-refractivity contribution in [1.29, 1.82) is 0 Å². The summed E-state index contributed by atoms with van der Waals surface area (Å²) in [4.78, 5) is 24.1. The fraction of sp³-hybridized carbons (Fsp3) is 0.300. The van der Waals surface area contributed by atoms with Crippen LogP contribution in [0.25, 0.3) is 0 Å². The zero-order valence-corrected chi connectivity index (χ0v) is 14.5. The van der Waals surface area contributed by atoms with Gasteiger partial charge in [0.1, 0.15) is 0 Å². The minimum Gasteiger partial charge on any atom is -0.465 e. The highest BCUT2D eigenvalue weighted by molar-refractivity contribution is 5.96. The van der Waals surface area contributed by atoms with E-state index in [0.717, 1.165) is 5.56 Å². The zero-order chi connectivity index (χ0) is 17.7. The highest BCUT2D eigenvalue weighted by Crippen LogP contribution is 2.32. The van der Waals surface area contributed by atoms with E-state index in [0.29, 0.717) is 11.1 Å². The van der Waals surface area contributed by atoms with E-state index >= 15 is 0 Å². The average molecular weight is 325 g/mol. The van der Waals surface area contributed by atoms with Crippen molar-refractivity contribution in [2.24, 2.45) is 5.41 Å². The van der Waals surface area contributed by atoms with Gasteiger partial charge < -0.3 is 10.1 Å². The molecule has 0 spiro atoms. The Balaban J connectivity index is 2.21. The third kappa shape index (κ3) is 4.22. The van der Waals surface area contributed by atoms with Gasteiger partial charge in [-0.3, -0.25) is 4.79 Å². The maximum absolute atomic E-state index is 12.6. The summed E-state index contributed by atoms with van der Waals surface area (Å²) in [6.07, 6.45) is 0. The van der Waals surface area contributed by atoms with Crippen LogP contribution in [0, 0.1) is 5.41 Å². The van der Waals surface area contributed by atoms with Crippen molar-refractivity contribution >= 4 is 11.9 Å². The van der Waals surface area contributed by atoms with Crippen molar-refractivity contribution < 1.29 is 14.3 Å². The maximum Gasteiger partial charge on any atom is 0.337 e. The molecular formula is C20H23NO3. The Labute approximate surface area is 142 Å². The second-order valence-electron chi connectivity index (χ2n) is 6.75. The number of carbonyl (C=O) groups excluding carboxylic acids is 2. The molecule has 1 unspecified atom stereocenters. The lowest BCUT2D eigenvalue weighted by Crippen LogP contribution is -2.36. The number of amides is 1. The summed E-state index contributed by atoms with van der Waals surface area (Å²) >= 11 is 0. The number of nitrogens with one attached hydrogen (secondary N) is 1. The molecule has 1 amide bonds.